The number of Topliss-reactive ketones (excluding diaryl/α,β-unsaturated/α-hetero) is 3. The molecule has 0 saturated carbocycles. The van der Waals surface area contributed by atoms with Crippen LogP contribution in [-0.4, -0.2) is 54.6 Å². The van der Waals surface area contributed by atoms with Gasteiger partial charge in [-0.15, -0.1) is 0 Å². The van der Waals surface area contributed by atoms with E-state index >= 15 is 0 Å². The second kappa shape index (κ2) is 27.3. The van der Waals surface area contributed by atoms with Gasteiger partial charge in [-0.2, -0.15) is 0 Å². The molecule has 0 radical (unpaired) electrons. The van der Waals surface area contributed by atoms with E-state index in [0.717, 1.165) is 12.8 Å². The first-order chi connectivity index (χ1) is 21.4. The van der Waals surface area contributed by atoms with Crippen LogP contribution in [0.25, 0.3) is 0 Å². The Balaban J connectivity index is -0.000000300. The molecule has 0 aliphatic carbocycles. The highest BCUT2D eigenvalue weighted by atomic mass is 16.5. The van der Waals surface area contributed by atoms with E-state index in [9.17, 15) is 28.8 Å². The number of hydrogen-bond acceptors (Lipinski definition) is 9. The molecule has 0 rings (SSSR count). The molecule has 9 nitrogen and oxygen atoms in total. The van der Waals surface area contributed by atoms with E-state index in [4.69, 9.17) is 14.2 Å². The molecule has 0 bridgehead atoms. The van der Waals surface area contributed by atoms with Crippen molar-refractivity contribution in [3.05, 3.63) is 0 Å². The molecule has 0 aromatic heterocycles. The molecule has 1 atom stereocenters. The van der Waals surface area contributed by atoms with Crippen LogP contribution in [0.4, 0.5) is 0 Å². The van der Waals surface area contributed by atoms with Gasteiger partial charge in [0.15, 0.2) is 0 Å². The molecule has 0 aromatic rings. The van der Waals surface area contributed by atoms with Gasteiger partial charge in [0.25, 0.3) is 0 Å². The number of carbonyl (C=O) groups is 6. The van der Waals surface area contributed by atoms with Gasteiger partial charge >= 0.3 is 17.9 Å². The molecule has 0 spiro atoms. The first-order valence-corrected chi connectivity index (χ1v) is 17.5. The Morgan fingerprint density at radius 1 is 0.521 bits per heavy atom. The van der Waals surface area contributed by atoms with Gasteiger partial charge in [-0.1, -0.05) is 97.4 Å². The molecule has 284 valence electrons. The molecule has 0 aliphatic heterocycles. The summed E-state index contributed by atoms with van der Waals surface area (Å²) in [6.45, 7) is 27.8. The molecule has 48 heavy (non-hydrogen) atoms. The van der Waals surface area contributed by atoms with Gasteiger partial charge < -0.3 is 14.2 Å². The Hall–Kier alpha value is -2.58. The minimum absolute atomic E-state index is 0. The van der Waals surface area contributed by atoms with E-state index in [0.29, 0.717) is 76.9 Å². The van der Waals surface area contributed by atoms with E-state index in [1.54, 1.807) is 0 Å². The lowest BCUT2D eigenvalue weighted by Crippen LogP contribution is -2.20. The van der Waals surface area contributed by atoms with Crippen molar-refractivity contribution in [3.63, 3.8) is 0 Å². The maximum Gasteiger partial charge on any atom is 0.306 e. The van der Waals surface area contributed by atoms with Gasteiger partial charge in [0, 0.05) is 54.8 Å². The summed E-state index contributed by atoms with van der Waals surface area (Å²) in [7, 11) is 0. The van der Waals surface area contributed by atoms with E-state index in [2.05, 4.69) is 0 Å². The average molecular weight is 687 g/mol. The zero-order chi connectivity index (χ0) is 37.4. The third kappa shape index (κ3) is 33.3. The largest absolute Gasteiger partial charge is 0.466 e. The maximum atomic E-state index is 11.6. The second-order valence-electron chi connectivity index (χ2n) is 15.6. The highest BCUT2D eigenvalue weighted by Gasteiger charge is 2.22. The number of ether oxygens (including phenoxy) is 3. The molecular formula is C39H74O9. The van der Waals surface area contributed by atoms with Crippen LogP contribution in [0.2, 0.25) is 0 Å². The summed E-state index contributed by atoms with van der Waals surface area (Å²) < 4.78 is 15.0. The standard InChI is InChI=1S/2C13H24O3.C12H22O3.CH4/c1-10(2)9-16-12(15)8-6-7-11(14)13(3,4)5;1-6-10(2)16-12(15)9-7-8-11(14)13(3,4)5;1-5-9-15-11(14)8-6-7-10(13)12(2,3)4;/h2*10H,6-9H2,1-5H3;5-9H2,1-4H3;1H4. The Morgan fingerprint density at radius 2 is 0.854 bits per heavy atom. The Labute approximate surface area is 294 Å². The van der Waals surface area contributed by atoms with Crippen LogP contribution >= 0.6 is 0 Å². The zero-order valence-corrected chi connectivity index (χ0v) is 32.5. The molecule has 0 amide bonds. The molecule has 0 heterocycles. The predicted molar refractivity (Wildman–Crippen MR) is 195 cm³/mol. The Kier molecular flexibility index (Phi) is 29.7. The van der Waals surface area contributed by atoms with Crippen LogP contribution in [0.15, 0.2) is 0 Å². The SMILES string of the molecule is C.CC(C)COC(=O)CCCC(=O)C(C)(C)C.CCC(C)OC(=O)CCCC(=O)C(C)(C)C.CCCOC(=O)CCCC(=O)C(C)(C)C. The van der Waals surface area contributed by atoms with Crippen molar-refractivity contribution in [1.29, 1.82) is 0 Å². The number of ketones is 3. The predicted octanol–water partition coefficient (Wildman–Crippen LogP) is 9.45. The minimum Gasteiger partial charge on any atom is -0.466 e. The lowest BCUT2D eigenvalue weighted by Gasteiger charge is -2.16. The lowest BCUT2D eigenvalue weighted by molar-refractivity contribution is -0.149. The van der Waals surface area contributed by atoms with Crippen LogP contribution in [0.1, 0.15) is 175 Å². The summed E-state index contributed by atoms with van der Waals surface area (Å²) in [6, 6.07) is 0. The number of esters is 3. The summed E-state index contributed by atoms with van der Waals surface area (Å²) in [4.78, 5) is 68.3. The molecule has 0 N–H and O–H groups in total. The summed E-state index contributed by atoms with van der Waals surface area (Å²) >= 11 is 0. The van der Waals surface area contributed by atoms with E-state index in [1.807, 2.05) is 96.9 Å². The first-order valence-electron chi connectivity index (χ1n) is 17.5. The van der Waals surface area contributed by atoms with Crippen LogP contribution in [0.5, 0.6) is 0 Å². The molecule has 0 aliphatic rings. The Bertz CT molecular complexity index is 929. The fourth-order valence-electron chi connectivity index (χ4n) is 3.29. The number of carbonyl (C=O) groups excluding carboxylic acids is 6. The number of hydrogen-bond donors (Lipinski definition) is 0. The van der Waals surface area contributed by atoms with Gasteiger partial charge in [-0.25, -0.2) is 0 Å². The van der Waals surface area contributed by atoms with Crippen molar-refractivity contribution in [1.82, 2.24) is 0 Å². The normalized spacial score (nSPS) is 11.8. The summed E-state index contributed by atoms with van der Waals surface area (Å²) in [5, 5.41) is 0. The van der Waals surface area contributed by atoms with Crippen molar-refractivity contribution in [2.45, 2.75) is 181 Å². The van der Waals surface area contributed by atoms with Crippen molar-refractivity contribution < 1.29 is 43.0 Å². The minimum atomic E-state index is -0.305. The quantitative estimate of drug-likeness (QED) is 0.102. The summed E-state index contributed by atoms with van der Waals surface area (Å²) in [6.07, 6.45) is 5.83. The van der Waals surface area contributed by atoms with Crippen molar-refractivity contribution >= 4 is 35.3 Å². The van der Waals surface area contributed by atoms with Crippen molar-refractivity contribution in [2.75, 3.05) is 13.2 Å². The van der Waals surface area contributed by atoms with Gasteiger partial charge in [-0.05, 0) is 44.9 Å². The van der Waals surface area contributed by atoms with Gasteiger partial charge in [0.05, 0.1) is 19.3 Å². The first kappa shape index (κ1) is 52.2. The van der Waals surface area contributed by atoms with Gasteiger partial charge in [-0.3, -0.25) is 28.8 Å². The molecule has 0 saturated heterocycles. The van der Waals surface area contributed by atoms with E-state index < -0.39 is 0 Å². The number of rotatable bonds is 18. The van der Waals surface area contributed by atoms with Crippen molar-refractivity contribution in [2.24, 2.45) is 22.2 Å². The molecule has 9 heteroatoms. The zero-order valence-electron chi connectivity index (χ0n) is 32.5. The lowest BCUT2D eigenvalue weighted by atomic mass is 9.88. The topological polar surface area (TPSA) is 130 Å². The molecule has 0 fully saturated rings. The van der Waals surface area contributed by atoms with Crippen LogP contribution in [0, 0.1) is 22.2 Å². The van der Waals surface area contributed by atoms with Crippen LogP contribution in [-0.2, 0) is 43.0 Å². The third-order valence-corrected chi connectivity index (χ3v) is 6.82. The monoisotopic (exact) mass is 687 g/mol. The smallest absolute Gasteiger partial charge is 0.306 e. The second-order valence-corrected chi connectivity index (χ2v) is 15.6. The average Bonchev–Trinajstić information content (AvgIpc) is 2.93. The van der Waals surface area contributed by atoms with E-state index in [-0.39, 0.29) is 65.0 Å². The summed E-state index contributed by atoms with van der Waals surface area (Å²) in [5.41, 5.74) is -0.907. The summed E-state index contributed by atoms with van der Waals surface area (Å²) in [5.74, 6) is 0.365. The molecular weight excluding hydrogens is 612 g/mol. The fourth-order valence-corrected chi connectivity index (χ4v) is 3.29. The Morgan fingerprint density at radius 3 is 1.15 bits per heavy atom. The highest BCUT2D eigenvalue weighted by molar-refractivity contribution is 5.85. The molecule has 1 unspecified atom stereocenters. The molecule has 0 aromatic carbocycles. The van der Waals surface area contributed by atoms with Crippen molar-refractivity contribution in [3.8, 4) is 0 Å². The van der Waals surface area contributed by atoms with Crippen LogP contribution < -0.4 is 0 Å². The van der Waals surface area contributed by atoms with Crippen LogP contribution in [0.3, 0.4) is 0 Å². The highest BCUT2D eigenvalue weighted by Crippen LogP contribution is 2.20. The van der Waals surface area contributed by atoms with Gasteiger partial charge in [0.2, 0.25) is 0 Å². The third-order valence-electron chi connectivity index (χ3n) is 6.82. The fraction of sp³-hybridized carbons (Fsp3) is 0.846. The maximum absolute atomic E-state index is 11.6. The van der Waals surface area contributed by atoms with Gasteiger partial charge in [0.1, 0.15) is 17.3 Å². The van der Waals surface area contributed by atoms with E-state index in [1.165, 1.54) is 0 Å².